The van der Waals surface area contributed by atoms with Crippen LogP contribution in [0.3, 0.4) is 0 Å². The van der Waals surface area contributed by atoms with Crippen LogP contribution in [-0.2, 0) is 4.79 Å². The van der Waals surface area contributed by atoms with Gasteiger partial charge < -0.3 is 10.6 Å². The molecule has 0 aliphatic carbocycles. The third-order valence-corrected chi connectivity index (χ3v) is 4.07. The fourth-order valence-corrected chi connectivity index (χ4v) is 2.52. The van der Waals surface area contributed by atoms with Crippen molar-refractivity contribution in [2.24, 2.45) is 0 Å². The minimum Gasteiger partial charge on any atom is -0.374 e. The van der Waals surface area contributed by atoms with Gasteiger partial charge in [0, 0.05) is 10.6 Å². The first-order valence-electron chi connectivity index (χ1n) is 6.54. The predicted molar refractivity (Wildman–Crippen MR) is 84.5 cm³/mol. The van der Waals surface area contributed by atoms with Crippen molar-refractivity contribution in [3.63, 3.8) is 0 Å². The molecule has 0 aliphatic rings. The molecule has 0 bridgehead atoms. The van der Waals surface area contributed by atoms with E-state index in [1.165, 1.54) is 16.9 Å². The van der Waals surface area contributed by atoms with E-state index in [9.17, 15) is 4.79 Å². The van der Waals surface area contributed by atoms with Crippen molar-refractivity contribution in [3.05, 3.63) is 40.4 Å². The molecule has 4 nitrogen and oxygen atoms in total. The van der Waals surface area contributed by atoms with Gasteiger partial charge in [0.1, 0.15) is 6.04 Å². The van der Waals surface area contributed by atoms with E-state index in [1.807, 2.05) is 52.0 Å². The van der Waals surface area contributed by atoms with Gasteiger partial charge in [-0.05, 0) is 39.8 Å². The van der Waals surface area contributed by atoms with Crippen LogP contribution in [0.4, 0.5) is 10.8 Å². The number of rotatable bonds is 4. The number of thiazole rings is 1. The smallest absolute Gasteiger partial charge is 0.248 e. The molecule has 0 fully saturated rings. The number of nitrogens with one attached hydrogen (secondary N) is 2. The van der Waals surface area contributed by atoms with Crippen molar-refractivity contribution in [1.29, 1.82) is 0 Å². The fourth-order valence-electron chi connectivity index (χ4n) is 1.71. The van der Waals surface area contributed by atoms with Gasteiger partial charge in [0.05, 0.1) is 5.69 Å². The van der Waals surface area contributed by atoms with Crippen molar-refractivity contribution < 1.29 is 4.79 Å². The number of amides is 1. The monoisotopic (exact) mass is 289 g/mol. The van der Waals surface area contributed by atoms with Gasteiger partial charge in [-0.15, -0.1) is 11.3 Å². The molecular weight excluding hydrogens is 270 g/mol. The van der Waals surface area contributed by atoms with Gasteiger partial charge in [0.15, 0.2) is 5.13 Å². The van der Waals surface area contributed by atoms with E-state index in [-0.39, 0.29) is 11.9 Å². The molecule has 0 spiro atoms. The topological polar surface area (TPSA) is 54.0 Å². The molecule has 0 saturated heterocycles. The van der Waals surface area contributed by atoms with Crippen LogP contribution in [0, 0.1) is 20.8 Å². The van der Waals surface area contributed by atoms with Crippen LogP contribution >= 0.6 is 11.3 Å². The SMILES string of the molecule is Cc1ccc(NC(C)C(=O)Nc2nc(C)c(C)s2)cc1. The molecule has 0 saturated carbocycles. The lowest BCUT2D eigenvalue weighted by molar-refractivity contribution is -0.116. The van der Waals surface area contributed by atoms with Gasteiger partial charge in [0.25, 0.3) is 0 Å². The van der Waals surface area contributed by atoms with Crippen LogP contribution in [0.15, 0.2) is 24.3 Å². The molecule has 0 radical (unpaired) electrons. The zero-order valence-corrected chi connectivity index (χ0v) is 13.0. The summed E-state index contributed by atoms with van der Waals surface area (Å²) in [6.45, 7) is 7.81. The van der Waals surface area contributed by atoms with E-state index in [0.717, 1.165) is 16.3 Å². The highest BCUT2D eigenvalue weighted by molar-refractivity contribution is 7.15. The Morgan fingerprint density at radius 3 is 2.40 bits per heavy atom. The summed E-state index contributed by atoms with van der Waals surface area (Å²) in [5, 5.41) is 6.67. The van der Waals surface area contributed by atoms with Crippen LogP contribution in [-0.4, -0.2) is 16.9 Å². The zero-order valence-electron chi connectivity index (χ0n) is 12.2. The molecule has 1 aromatic heterocycles. The van der Waals surface area contributed by atoms with Crippen LogP contribution in [0.25, 0.3) is 0 Å². The lowest BCUT2D eigenvalue weighted by atomic mass is 10.2. The van der Waals surface area contributed by atoms with Crippen LogP contribution < -0.4 is 10.6 Å². The summed E-state index contributed by atoms with van der Waals surface area (Å²) in [5.41, 5.74) is 3.09. The highest BCUT2D eigenvalue weighted by Crippen LogP contribution is 2.21. The van der Waals surface area contributed by atoms with Crippen molar-refractivity contribution in [1.82, 2.24) is 4.98 Å². The number of aromatic nitrogens is 1. The third-order valence-electron chi connectivity index (χ3n) is 3.09. The second-order valence-corrected chi connectivity index (χ2v) is 6.09. The predicted octanol–water partition coefficient (Wildman–Crippen LogP) is 3.51. The first kappa shape index (κ1) is 14.5. The van der Waals surface area contributed by atoms with Crippen molar-refractivity contribution in [2.45, 2.75) is 33.7 Å². The van der Waals surface area contributed by atoms with Gasteiger partial charge in [-0.3, -0.25) is 4.79 Å². The van der Waals surface area contributed by atoms with E-state index in [0.29, 0.717) is 5.13 Å². The Balaban J connectivity index is 1.96. The Morgan fingerprint density at radius 2 is 1.85 bits per heavy atom. The maximum atomic E-state index is 12.1. The zero-order chi connectivity index (χ0) is 14.7. The maximum Gasteiger partial charge on any atom is 0.248 e. The molecule has 1 amide bonds. The average molecular weight is 289 g/mol. The largest absolute Gasteiger partial charge is 0.374 e. The molecule has 1 atom stereocenters. The molecule has 2 rings (SSSR count). The van der Waals surface area contributed by atoms with Crippen LogP contribution in [0.5, 0.6) is 0 Å². The molecule has 5 heteroatoms. The molecule has 106 valence electrons. The summed E-state index contributed by atoms with van der Waals surface area (Å²) in [4.78, 5) is 17.5. The third kappa shape index (κ3) is 3.57. The Hall–Kier alpha value is -1.88. The maximum absolute atomic E-state index is 12.1. The lowest BCUT2D eigenvalue weighted by Crippen LogP contribution is -2.31. The minimum atomic E-state index is -0.317. The molecule has 2 aromatic rings. The van der Waals surface area contributed by atoms with Crippen molar-refractivity contribution in [3.8, 4) is 0 Å². The fraction of sp³-hybridized carbons (Fsp3) is 0.333. The van der Waals surface area contributed by atoms with E-state index in [2.05, 4.69) is 15.6 Å². The first-order chi connectivity index (χ1) is 9.45. The summed E-state index contributed by atoms with van der Waals surface area (Å²) in [6, 6.07) is 7.65. The molecular formula is C15H19N3OS. The normalized spacial score (nSPS) is 12.0. The number of hydrogen-bond acceptors (Lipinski definition) is 4. The number of carbonyl (C=O) groups excluding carboxylic acids is 1. The average Bonchev–Trinajstić information content (AvgIpc) is 2.71. The molecule has 1 heterocycles. The Kier molecular flexibility index (Phi) is 4.39. The summed E-state index contributed by atoms with van der Waals surface area (Å²) in [5.74, 6) is -0.0840. The number of nitrogens with zero attached hydrogens (tertiary/aromatic N) is 1. The summed E-state index contributed by atoms with van der Waals surface area (Å²) in [7, 11) is 0. The highest BCUT2D eigenvalue weighted by Gasteiger charge is 2.14. The molecule has 2 N–H and O–H groups in total. The number of anilines is 2. The van der Waals surface area contributed by atoms with Crippen molar-refractivity contribution in [2.75, 3.05) is 10.6 Å². The van der Waals surface area contributed by atoms with Gasteiger partial charge in [-0.2, -0.15) is 0 Å². The summed E-state index contributed by atoms with van der Waals surface area (Å²) in [6.07, 6.45) is 0. The first-order valence-corrected chi connectivity index (χ1v) is 7.35. The second-order valence-electron chi connectivity index (χ2n) is 4.88. The van der Waals surface area contributed by atoms with Gasteiger partial charge >= 0.3 is 0 Å². The van der Waals surface area contributed by atoms with E-state index in [1.54, 1.807) is 0 Å². The van der Waals surface area contributed by atoms with Crippen LogP contribution in [0.1, 0.15) is 23.1 Å². The Morgan fingerprint density at radius 1 is 1.20 bits per heavy atom. The van der Waals surface area contributed by atoms with Crippen LogP contribution in [0.2, 0.25) is 0 Å². The second kappa shape index (κ2) is 6.05. The molecule has 1 aromatic carbocycles. The molecule has 0 aliphatic heterocycles. The minimum absolute atomic E-state index is 0.0840. The van der Waals surface area contributed by atoms with Gasteiger partial charge in [0.2, 0.25) is 5.91 Å². The Labute approximate surface area is 123 Å². The van der Waals surface area contributed by atoms with Gasteiger partial charge in [-0.1, -0.05) is 17.7 Å². The lowest BCUT2D eigenvalue weighted by Gasteiger charge is -2.14. The number of aryl methyl sites for hydroxylation is 3. The van der Waals surface area contributed by atoms with E-state index < -0.39 is 0 Å². The van der Waals surface area contributed by atoms with E-state index in [4.69, 9.17) is 0 Å². The molecule has 1 unspecified atom stereocenters. The highest BCUT2D eigenvalue weighted by atomic mass is 32.1. The van der Waals surface area contributed by atoms with Crippen molar-refractivity contribution >= 4 is 28.1 Å². The summed E-state index contributed by atoms with van der Waals surface area (Å²) < 4.78 is 0. The summed E-state index contributed by atoms with van der Waals surface area (Å²) >= 11 is 1.50. The van der Waals surface area contributed by atoms with Gasteiger partial charge in [-0.25, -0.2) is 4.98 Å². The number of carbonyl (C=O) groups is 1. The standard InChI is InChI=1S/C15H19N3OS/c1-9-5-7-13(8-6-9)16-11(3)14(19)18-15-17-10(2)12(4)20-15/h5-8,11,16H,1-4H3,(H,17,18,19). The molecule has 20 heavy (non-hydrogen) atoms. The van der Waals surface area contributed by atoms with E-state index >= 15 is 0 Å². The quantitative estimate of drug-likeness (QED) is 0.905. The number of benzene rings is 1. The Bertz CT molecular complexity index is 585. The number of hydrogen-bond donors (Lipinski definition) is 2.